The first-order valence-corrected chi connectivity index (χ1v) is 6.77. The van der Waals surface area contributed by atoms with E-state index in [4.69, 9.17) is 0 Å². The van der Waals surface area contributed by atoms with Crippen molar-refractivity contribution in [2.24, 2.45) is 5.92 Å². The number of aromatic nitrogens is 2. The van der Waals surface area contributed by atoms with Crippen LogP contribution in [0.5, 0.6) is 0 Å². The number of rotatable bonds is 7. The maximum absolute atomic E-state index is 11.8. The molecule has 5 nitrogen and oxygen atoms in total. The Morgan fingerprint density at radius 3 is 2.63 bits per heavy atom. The zero-order valence-corrected chi connectivity index (χ0v) is 12.2. The van der Waals surface area contributed by atoms with Crippen molar-refractivity contribution in [3.63, 3.8) is 0 Å². The van der Waals surface area contributed by atoms with Crippen molar-refractivity contribution >= 4 is 11.7 Å². The first kappa shape index (κ1) is 15.4. The van der Waals surface area contributed by atoms with Gasteiger partial charge in [-0.2, -0.15) is 0 Å². The third kappa shape index (κ3) is 4.85. The summed E-state index contributed by atoms with van der Waals surface area (Å²) >= 11 is 0. The maximum atomic E-state index is 11.8. The average Bonchev–Trinajstić information content (AvgIpc) is 2.71. The molecule has 1 rings (SSSR count). The van der Waals surface area contributed by atoms with E-state index in [1.165, 1.54) is 6.92 Å². The number of nitrogens with zero attached hydrogens (tertiary/aromatic N) is 2. The number of carbonyl (C=O) groups is 2. The second-order valence-electron chi connectivity index (χ2n) is 5.11. The van der Waals surface area contributed by atoms with Gasteiger partial charge in [-0.05, 0) is 12.3 Å². The van der Waals surface area contributed by atoms with Crippen molar-refractivity contribution in [1.29, 1.82) is 0 Å². The number of Topliss-reactive ketones (excluding diaryl/α,β-unsaturated/α-hetero) is 1. The molecule has 1 aromatic rings. The number of carbonyl (C=O) groups excluding carboxylic acids is 2. The number of aryl methyl sites for hydroxylation is 1. The number of imidazole rings is 1. The number of hydrogen-bond acceptors (Lipinski definition) is 3. The SMILES string of the molecule is CCc1nc(C(C)=O)cn1CC(=O)NCCC(C)C. The highest BCUT2D eigenvalue weighted by atomic mass is 16.2. The topological polar surface area (TPSA) is 64.0 Å². The van der Waals surface area contributed by atoms with Crippen LogP contribution in [0.3, 0.4) is 0 Å². The smallest absolute Gasteiger partial charge is 0.239 e. The van der Waals surface area contributed by atoms with Crippen LogP contribution >= 0.6 is 0 Å². The standard InChI is InChI=1S/C14H23N3O2/c1-5-13-16-12(11(4)18)8-17(13)9-14(19)15-7-6-10(2)3/h8,10H,5-7,9H2,1-4H3,(H,15,19). The van der Waals surface area contributed by atoms with Crippen molar-refractivity contribution in [1.82, 2.24) is 14.9 Å². The molecule has 1 heterocycles. The zero-order chi connectivity index (χ0) is 14.4. The summed E-state index contributed by atoms with van der Waals surface area (Å²) in [5, 5.41) is 2.88. The molecule has 1 aromatic heterocycles. The molecule has 5 heteroatoms. The third-order valence-electron chi connectivity index (χ3n) is 2.89. The molecule has 0 aliphatic carbocycles. The molecule has 0 saturated heterocycles. The van der Waals surface area contributed by atoms with E-state index in [2.05, 4.69) is 24.1 Å². The van der Waals surface area contributed by atoms with Gasteiger partial charge in [-0.3, -0.25) is 9.59 Å². The Balaban J connectivity index is 2.60. The van der Waals surface area contributed by atoms with Gasteiger partial charge in [-0.1, -0.05) is 20.8 Å². The third-order valence-corrected chi connectivity index (χ3v) is 2.89. The van der Waals surface area contributed by atoms with E-state index < -0.39 is 0 Å². The molecule has 0 radical (unpaired) electrons. The van der Waals surface area contributed by atoms with E-state index in [-0.39, 0.29) is 18.2 Å². The van der Waals surface area contributed by atoms with E-state index in [0.29, 0.717) is 24.6 Å². The molecule has 1 N–H and O–H groups in total. The summed E-state index contributed by atoms with van der Waals surface area (Å²) in [5.74, 6) is 1.23. The molecular formula is C14H23N3O2. The van der Waals surface area contributed by atoms with Crippen molar-refractivity contribution in [3.05, 3.63) is 17.7 Å². The van der Waals surface area contributed by atoms with Gasteiger partial charge in [-0.25, -0.2) is 4.98 Å². The van der Waals surface area contributed by atoms with Crippen molar-refractivity contribution in [2.45, 2.75) is 47.1 Å². The summed E-state index contributed by atoms with van der Waals surface area (Å²) in [6.07, 6.45) is 3.32. The van der Waals surface area contributed by atoms with Gasteiger partial charge in [0, 0.05) is 26.1 Å². The molecule has 0 aliphatic heterocycles. The molecule has 0 fully saturated rings. The second kappa shape index (κ2) is 7.07. The second-order valence-corrected chi connectivity index (χ2v) is 5.11. The Labute approximate surface area is 114 Å². The molecule has 0 atom stereocenters. The fraction of sp³-hybridized carbons (Fsp3) is 0.643. The summed E-state index contributed by atoms with van der Waals surface area (Å²) in [6, 6.07) is 0. The van der Waals surface area contributed by atoms with Crippen LogP contribution in [0.1, 0.15) is 50.4 Å². The summed E-state index contributed by atoms with van der Waals surface area (Å²) in [7, 11) is 0. The highest BCUT2D eigenvalue weighted by Crippen LogP contribution is 2.05. The van der Waals surface area contributed by atoms with Crippen LogP contribution < -0.4 is 5.32 Å². The zero-order valence-electron chi connectivity index (χ0n) is 12.2. The van der Waals surface area contributed by atoms with E-state index in [0.717, 1.165) is 12.2 Å². The summed E-state index contributed by atoms with van der Waals surface area (Å²) in [4.78, 5) is 27.3. The van der Waals surface area contributed by atoms with Gasteiger partial charge >= 0.3 is 0 Å². The highest BCUT2D eigenvalue weighted by Gasteiger charge is 2.12. The van der Waals surface area contributed by atoms with Gasteiger partial charge in [0.2, 0.25) is 5.91 Å². The van der Waals surface area contributed by atoms with Gasteiger partial charge in [-0.15, -0.1) is 0 Å². The minimum Gasteiger partial charge on any atom is -0.355 e. The van der Waals surface area contributed by atoms with Gasteiger partial charge in [0.15, 0.2) is 5.78 Å². The van der Waals surface area contributed by atoms with Crippen LogP contribution in [0.4, 0.5) is 0 Å². The van der Waals surface area contributed by atoms with Crippen molar-refractivity contribution in [3.8, 4) is 0 Å². The Hall–Kier alpha value is -1.65. The largest absolute Gasteiger partial charge is 0.355 e. The predicted molar refractivity (Wildman–Crippen MR) is 74.1 cm³/mol. The number of nitrogens with one attached hydrogen (secondary N) is 1. The summed E-state index contributed by atoms with van der Waals surface area (Å²) in [6.45, 7) is 8.59. The molecule has 19 heavy (non-hydrogen) atoms. The fourth-order valence-electron chi connectivity index (χ4n) is 1.75. The molecule has 0 saturated carbocycles. The lowest BCUT2D eigenvalue weighted by molar-refractivity contribution is -0.121. The molecule has 0 spiro atoms. The molecule has 0 bridgehead atoms. The lowest BCUT2D eigenvalue weighted by Crippen LogP contribution is -2.29. The van der Waals surface area contributed by atoms with E-state index >= 15 is 0 Å². The average molecular weight is 265 g/mol. The first-order valence-electron chi connectivity index (χ1n) is 6.77. The Morgan fingerprint density at radius 2 is 2.11 bits per heavy atom. The molecule has 0 aliphatic rings. The Bertz CT molecular complexity index is 450. The van der Waals surface area contributed by atoms with Crippen molar-refractivity contribution in [2.75, 3.05) is 6.54 Å². The normalized spacial score (nSPS) is 10.8. The Kier molecular flexibility index (Phi) is 5.73. The molecule has 0 aromatic carbocycles. The highest BCUT2D eigenvalue weighted by molar-refractivity contribution is 5.92. The van der Waals surface area contributed by atoms with Crippen LogP contribution in [0.2, 0.25) is 0 Å². The van der Waals surface area contributed by atoms with Crippen LogP contribution in [0, 0.1) is 5.92 Å². The molecule has 0 unspecified atom stereocenters. The maximum Gasteiger partial charge on any atom is 0.239 e. The number of amides is 1. The number of ketones is 1. The van der Waals surface area contributed by atoms with Crippen LogP contribution in [0.25, 0.3) is 0 Å². The molecule has 1 amide bonds. The minimum absolute atomic E-state index is 0.0390. The van der Waals surface area contributed by atoms with Crippen LogP contribution in [-0.4, -0.2) is 27.8 Å². The van der Waals surface area contributed by atoms with Crippen LogP contribution in [-0.2, 0) is 17.8 Å². The van der Waals surface area contributed by atoms with E-state index in [1.807, 2.05) is 6.92 Å². The fourth-order valence-corrected chi connectivity index (χ4v) is 1.75. The molecular weight excluding hydrogens is 242 g/mol. The lowest BCUT2D eigenvalue weighted by atomic mass is 10.1. The summed E-state index contributed by atoms with van der Waals surface area (Å²) < 4.78 is 1.75. The predicted octanol–water partition coefficient (Wildman–Crippen LogP) is 1.81. The first-order chi connectivity index (χ1) is 8.93. The van der Waals surface area contributed by atoms with Gasteiger partial charge in [0.25, 0.3) is 0 Å². The Morgan fingerprint density at radius 1 is 1.42 bits per heavy atom. The lowest BCUT2D eigenvalue weighted by Gasteiger charge is -2.09. The van der Waals surface area contributed by atoms with E-state index in [9.17, 15) is 9.59 Å². The number of hydrogen-bond donors (Lipinski definition) is 1. The minimum atomic E-state index is -0.0753. The quantitative estimate of drug-likeness (QED) is 0.765. The van der Waals surface area contributed by atoms with Crippen molar-refractivity contribution < 1.29 is 9.59 Å². The van der Waals surface area contributed by atoms with Gasteiger partial charge in [0.05, 0.1) is 0 Å². The van der Waals surface area contributed by atoms with E-state index in [1.54, 1.807) is 10.8 Å². The van der Waals surface area contributed by atoms with Gasteiger partial charge < -0.3 is 9.88 Å². The van der Waals surface area contributed by atoms with Gasteiger partial charge in [0.1, 0.15) is 18.1 Å². The van der Waals surface area contributed by atoms with Crippen LogP contribution in [0.15, 0.2) is 6.20 Å². The monoisotopic (exact) mass is 265 g/mol. The molecule has 106 valence electrons. The summed E-state index contributed by atoms with van der Waals surface area (Å²) in [5.41, 5.74) is 0.423.